The van der Waals surface area contributed by atoms with Gasteiger partial charge in [0.2, 0.25) is 11.9 Å². The predicted octanol–water partition coefficient (Wildman–Crippen LogP) is 1.43. The van der Waals surface area contributed by atoms with E-state index >= 15 is 0 Å². The number of hydrogen-bond donors (Lipinski definition) is 2. The second-order valence-corrected chi connectivity index (χ2v) is 8.27. The summed E-state index contributed by atoms with van der Waals surface area (Å²) < 4.78 is 34.7. The quantitative estimate of drug-likeness (QED) is 0.533. The molecule has 0 radical (unpaired) electrons. The van der Waals surface area contributed by atoms with E-state index in [1.54, 1.807) is 42.3 Å². The normalized spacial score (nSPS) is 16.8. The number of hydrogen-bond acceptors (Lipinski definition) is 8. The summed E-state index contributed by atoms with van der Waals surface area (Å²) in [6, 6.07) is 8.67. The zero-order valence-corrected chi connectivity index (χ0v) is 18.7. The molecule has 2 fully saturated rings. The van der Waals surface area contributed by atoms with Gasteiger partial charge < -0.3 is 25.2 Å². The Morgan fingerprint density at radius 3 is 2.62 bits per heavy atom. The van der Waals surface area contributed by atoms with Gasteiger partial charge in [-0.3, -0.25) is 9.36 Å². The lowest BCUT2D eigenvalue weighted by Crippen LogP contribution is -2.58. The maximum Gasteiger partial charge on any atom is 0.296 e. The highest BCUT2D eigenvalue weighted by Crippen LogP contribution is 2.29. The minimum absolute atomic E-state index is 0.0238. The zero-order chi connectivity index (χ0) is 23.7. The summed E-state index contributed by atoms with van der Waals surface area (Å²) in [6.45, 7) is 3.72. The summed E-state index contributed by atoms with van der Waals surface area (Å²) in [5.41, 5.74) is 1.01. The molecule has 180 valence electrons. The number of halogens is 2. The summed E-state index contributed by atoms with van der Waals surface area (Å²) >= 11 is 0. The summed E-state index contributed by atoms with van der Waals surface area (Å²) in [4.78, 5) is 29.2. The van der Waals surface area contributed by atoms with Crippen LogP contribution in [0.5, 0.6) is 0 Å². The van der Waals surface area contributed by atoms with Crippen molar-refractivity contribution in [1.29, 1.82) is 0 Å². The molecule has 0 spiro atoms. The van der Waals surface area contributed by atoms with Crippen LogP contribution in [0.15, 0.2) is 30.3 Å². The van der Waals surface area contributed by atoms with Crippen molar-refractivity contribution >= 4 is 28.7 Å². The van der Waals surface area contributed by atoms with Gasteiger partial charge >= 0.3 is 0 Å². The number of ether oxygens (including phenoxy) is 1. The molecule has 34 heavy (non-hydrogen) atoms. The molecular formula is C22H26F2N8O2. The molecule has 0 unspecified atom stereocenters. The fraction of sp³-hybridized carbons (Fsp3) is 0.455. The Morgan fingerprint density at radius 1 is 1.15 bits per heavy atom. The van der Waals surface area contributed by atoms with E-state index in [0.29, 0.717) is 68.0 Å². The maximum atomic E-state index is 14.0. The van der Waals surface area contributed by atoms with Gasteiger partial charge in [-0.1, -0.05) is 12.1 Å². The minimum atomic E-state index is -2.77. The molecule has 1 aromatic carbocycles. The number of likely N-dealkylation sites (tertiary alicyclic amines) is 1. The van der Waals surface area contributed by atoms with Crippen molar-refractivity contribution in [3.05, 3.63) is 36.2 Å². The number of morpholine rings is 1. The Labute approximate surface area is 194 Å². The Hall–Kier alpha value is -3.38. The molecular weight excluding hydrogens is 446 g/mol. The second-order valence-electron chi connectivity index (χ2n) is 8.27. The Balaban J connectivity index is 1.50. The Kier molecular flexibility index (Phi) is 6.24. The van der Waals surface area contributed by atoms with Crippen molar-refractivity contribution in [2.45, 2.75) is 12.5 Å². The molecule has 12 heteroatoms. The fourth-order valence-corrected chi connectivity index (χ4v) is 4.21. The fourth-order valence-electron chi connectivity index (χ4n) is 4.21. The van der Waals surface area contributed by atoms with Crippen LogP contribution in [0, 0.1) is 0 Å². The largest absolute Gasteiger partial charge is 0.378 e. The topological polar surface area (TPSA) is 100 Å². The number of alkyl halides is 2. The van der Waals surface area contributed by atoms with Crippen molar-refractivity contribution in [1.82, 2.24) is 29.7 Å². The van der Waals surface area contributed by atoms with E-state index in [4.69, 9.17) is 4.74 Å². The first-order valence-electron chi connectivity index (χ1n) is 11.2. The summed E-state index contributed by atoms with van der Waals surface area (Å²) in [5.74, 6) is 0.909. The number of carbonyl (C=O) groups excluding carboxylic acids is 1. The van der Waals surface area contributed by atoms with Gasteiger partial charge in [0.15, 0.2) is 5.82 Å². The lowest BCUT2D eigenvalue weighted by molar-refractivity contribution is -0.134. The number of anilines is 2. The number of carbonyl (C=O) groups is 1. The van der Waals surface area contributed by atoms with E-state index in [2.05, 4.69) is 25.6 Å². The van der Waals surface area contributed by atoms with Gasteiger partial charge in [-0.25, -0.2) is 13.8 Å². The first-order chi connectivity index (χ1) is 16.5. The number of rotatable bonds is 7. The maximum absolute atomic E-state index is 14.0. The van der Waals surface area contributed by atoms with Gasteiger partial charge in [0.25, 0.3) is 6.43 Å². The third-order valence-corrected chi connectivity index (χ3v) is 5.94. The van der Waals surface area contributed by atoms with E-state index in [-0.39, 0.29) is 24.3 Å². The molecule has 0 saturated carbocycles. The molecule has 4 heterocycles. The lowest BCUT2D eigenvalue weighted by Gasteiger charge is -2.39. The summed E-state index contributed by atoms with van der Waals surface area (Å²) in [7, 11) is 1.73. The second kappa shape index (κ2) is 9.47. The Bertz CT molecular complexity index is 1170. The van der Waals surface area contributed by atoms with Crippen LogP contribution in [-0.4, -0.2) is 89.4 Å². The molecule has 1 amide bonds. The molecule has 10 nitrogen and oxygen atoms in total. The minimum Gasteiger partial charge on any atom is -0.378 e. The first-order valence-corrected chi connectivity index (χ1v) is 11.2. The molecule has 2 saturated heterocycles. The van der Waals surface area contributed by atoms with Gasteiger partial charge in [0, 0.05) is 32.2 Å². The molecule has 3 aromatic rings. The third kappa shape index (κ3) is 4.38. The number of fused-ring (bicyclic) bond motifs is 1. The Morgan fingerprint density at radius 2 is 1.88 bits per heavy atom. The number of nitrogens with zero attached hydrogens (tertiary/aromatic N) is 6. The summed E-state index contributed by atoms with van der Waals surface area (Å²) in [6.07, 6.45) is -2.77. The zero-order valence-electron chi connectivity index (χ0n) is 18.7. The lowest BCUT2D eigenvalue weighted by atomic mass is 10.1. The van der Waals surface area contributed by atoms with Gasteiger partial charge in [-0.2, -0.15) is 9.97 Å². The van der Waals surface area contributed by atoms with Crippen LogP contribution in [0.4, 0.5) is 20.5 Å². The van der Waals surface area contributed by atoms with Crippen LogP contribution in [-0.2, 0) is 9.53 Å². The van der Waals surface area contributed by atoms with Crippen molar-refractivity contribution in [2.24, 2.45) is 0 Å². The highest BCUT2D eigenvalue weighted by atomic mass is 19.3. The van der Waals surface area contributed by atoms with E-state index < -0.39 is 6.43 Å². The molecule has 2 aliphatic rings. The molecule has 2 N–H and O–H groups in total. The highest BCUT2D eigenvalue weighted by Gasteiger charge is 2.31. The van der Waals surface area contributed by atoms with Crippen LogP contribution in [0.3, 0.4) is 0 Å². The number of benzene rings is 1. The average molecular weight is 473 g/mol. The molecule has 5 rings (SSSR count). The molecule has 0 bridgehead atoms. The van der Waals surface area contributed by atoms with Crippen LogP contribution in [0.1, 0.15) is 12.2 Å². The molecule has 0 atom stereocenters. The van der Waals surface area contributed by atoms with E-state index in [0.717, 1.165) is 0 Å². The molecule has 2 aliphatic heterocycles. The average Bonchev–Trinajstić information content (AvgIpc) is 3.22. The van der Waals surface area contributed by atoms with Gasteiger partial charge in [0.05, 0.1) is 36.8 Å². The van der Waals surface area contributed by atoms with Crippen molar-refractivity contribution < 1.29 is 18.3 Å². The summed E-state index contributed by atoms with van der Waals surface area (Å²) in [5, 5.41) is 6.12. The van der Waals surface area contributed by atoms with Crippen molar-refractivity contribution in [3.63, 3.8) is 0 Å². The third-order valence-electron chi connectivity index (χ3n) is 5.94. The van der Waals surface area contributed by atoms with Crippen LogP contribution >= 0.6 is 0 Å². The smallest absolute Gasteiger partial charge is 0.296 e. The highest BCUT2D eigenvalue weighted by molar-refractivity contribution is 5.79. The van der Waals surface area contributed by atoms with Crippen molar-refractivity contribution in [3.8, 4) is 5.82 Å². The van der Waals surface area contributed by atoms with Crippen molar-refractivity contribution in [2.75, 3.05) is 63.2 Å². The van der Waals surface area contributed by atoms with Crippen LogP contribution in [0.2, 0.25) is 0 Å². The van der Waals surface area contributed by atoms with Gasteiger partial charge in [-0.15, -0.1) is 0 Å². The molecule has 2 aromatic heterocycles. The number of amides is 1. The number of likely N-dealkylation sites (N-methyl/N-ethyl adjacent to an activating group) is 1. The first kappa shape index (κ1) is 22.4. The van der Waals surface area contributed by atoms with Gasteiger partial charge in [0.1, 0.15) is 11.6 Å². The van der Waals surface area contributed by atoms with E-state index in [9.17, 15) is 13.6 Å². The number of para-hydroxylation sites is 2. The number of nitrogens with one attached hydrogen (secondary N) is 2. The SMILES string of the molecule is CNCC(=O)N1CC(Nc2nc(N3CCOCC3)cc(-n3c(C(F)F)nc4ccccc43)n2)C1. The van der Waals surface area contributed by atoms with Crippen LogP contribution in [0.25, 0.3) is 16.9 Å². The van der Waals surface area contributed by atoms with E-state index in [1.165, 1.54) is 4.57 Å². The van der Waals surface area contributed by atoms with Crippen LogP contribution < -0.4 is 15.5 Å². The monoisotopic (exact) mass is 472 g/mol. The number of aromatic nitrogens is 4. The number of imidazole rings is 1. The standard InChI is InChI=1S/C22H26F2N8O2/c1-25-11-19(33)31-12-14(13-31)26-22-28-17(30-6-8-34-9-7-30)10-18(29-22)32-16-5-3-2-4-15(16)27-21(32)20(23)24/h2-5,10,14,20,25H,6-9,11-13H2,1H3,(H,26,28,29). The van der Waals surface area contributed by atoms with Gasteiger partial charge in [-0.05, 0) is 19.2 Å². The molecule has 0 aliphatic carbocycles. The predicted molar refractivity (Wildman–Crippen MR) is 123 cm³/mol. The van der Waals surface area contributed by atoms with E-state index in [1.807, 2.05) is 4.90 Å².